The molecular weight excluding hydrogens is 212 g/mol. The molecule has 0 N–H and O–H groups in total. The van der Waals surface area contributed by atoms with Crippen LogP contribution in [0.1, 0.15) is 48.0 Å². The van der Waals surface area contributed by atoms with Crippen molar-refractivity contribution in [2.45, 2.75) is 39.0 Å². The van der Waals surface area contributed by atoms with E-state index < -0.39 is 0 Å². The summed E-state index contributed by atoms with van der Waals surface area (Å²) in [6, 6.07) is 7.59. The summed E-state index contributed by atoms with van der Waals surface area (Å²) < 4.78 is 5.41. The highest BCUT2D eigenvalue weighted by Crippen LogP contribution is 2.24. The van der Waals surface area contributed by atoms with Crippen LogP contribution >= 0.6 is 0 Å². The van der Waals surface area contributed by atoms with E-state index >= 15 is 0 Å². The zero-order valence-electron chi connectivity index (χ0n) is 10.4. The van der Waals surface area contributed by atoms with Gasteiger partial charge in [0.1, 0.15) is 0 Å². The lowest BCUT2D eigenvalue weighted by atomic mass is 9.90. The summed E-state index contributed by atoms with van der Waals surface area (Å²) in [5, 5.41) is 0. The van der Waals surface area contributed by atoms with Crippen LogP contribution in [0.2, 0.25) is 0 Å². The maximum Gasteiger partial charge on any atom is 0.338 e. The van der Waals surface area contributed by atoms with Gasteiger partial charge >= 0.3 is 5.97 Å². The number of esters is 1. The lowest BCUT2D eigenvalue weighted by molar-refractivity contribution is 0.0409. The molecule has 0 aliphatic heterocycles. The Kier molecular flexibility index (Phi) is 4.18. The topological polar surface area (TPSA) is 26.3 Å². The minimum absolute atomic E-state index is 0.173. The first-order valence-corrected chi connectivity index (χ1v) is 6.50. The van der Waals surface area contributed by atoms with E-state index in [2.05, 4.69) is 0 Å². The molecule has 0 unspecified atom stereocenters. The molecule has 92 valence electrons. The first-order valence-electron chi connectivity index (χ1n) is 6.50. The van der Waals surface area contributed by atoms with Crippen molar-refractivity contribution >= 4 is 5.97 Å². The van der Waals surface area contributed by atoms with Crippen molar-refractivity contribution in [2.75, 3.05) is 6.61 Å². The Morgan fingerprint density at radius 2 is 1.94 bits per heavy atom. The highest BCUT2D eigenvalue weighted by Gasteiger charge is 2.16. The zero-order chi connectivity index (χ0) is 12.1. The largest absolute Gasteiger partial charge is 0.462 e. The summed E-state index contributed by atoms with van der Waals surface area (Å²) in [4.78, 5) is 11.9. The molecule has 1 aliphatic rings. The molecule has 0 bridgehead atoms. The van der Waals surface area contributed by atoms with Crippen LogP contribution in [0.5, 0.6) is 0 Å². The Labute approximate surface area is 103 Å². The minimum atomic E-state index is -0.173. The van der Waals surface area contributed by atoms with Gasteiger partial charge in [0.2, 0.25) is 0 Å². The lowest BCUT2D eigenvalue weighted by Crippen LogP contribution is -2.17. The van der Waals surface area contributed by atoms with Gasteiger partial charge in [-0.25, -0.2) is 4.79 Å². The van der Waals surface area contributed by atoms with Gasteiger partial charge in [0.15, 0.2) is 0 Å². The molecule has 1 saturated carbocycles. The first kappa shape index (κ1) is 12.2. The number of rotatable bonds is 3. The van der Waals surface area contributed by atoms with Gasteiger partial charge in [0.25, 0.3) is 0 Å². The second kappa shape index (κ2) is 5.85. The highest BCUT2D eigenvalue weighted by atomic mass is 16.5. The van der Waals surface area contributed by atoms with Crippen LogP contribution in [0.4, 0.5) is 0 Å². The molecule has 1 fully saturated rings. The summed E-state index contributed by atoms with van der Waals surface area (Å²) in [6.45, 7) is 2.53. The smallest absolute Gasteiger partial charge is 0.338 e. The molecule has 1 aliphatic carbocycles. The Morgan fingerprint density at radius 3 is 2.65 bits per heavy atom. The van der Waals surface area contributed by atoms with Gasteiger partial charge in [-0.15, -0.1) is 0 Å². The van der Waals surface area contributed by atoms with Crippen molar-refractivity contribution in [1.29, 1.82) is 0 Å². The second-order valence-corrected chi connectivity index (χ2v) is 4.92. The van der Waals surface area contributed by atoms with E-state index in [4.69, 9.17) is 4.74 Å². The Balaban J connectivity index is 1.87. The summed E-state index contributed by atoms with van der Waals surface area (Å²) >= 11 is 0. The van der Waals surface area contributed by atoms with Crippen molar-refractivity contribution in [3.63, 3.8) is 0 Å². The standard InChI is InChI=1S/C15H20O2/c1-12-7-5-6-10-14(12)15(16)17-11-13-8-3-2-4-9-13/h5-7,10,13H,2-4,8-9,11H2,1H3. The van der Waals surface area contributed by atoms with E-state index in [-0.39, 0.29) is 5.97 Å². The monoisotopic (exact) mass is 232 g/mol. The molecule has 2 nitrogen and oxygen atoms in total. The van der Waals surface area contributed by atoms with Gasteiger partial charge in [0, 0.05) is 0 Å². The first-order chi connectivity index (χ1) is 8.27. The van der Waals surface area contributed by atoms with E-state index in [0.717, 1.165) is 5.56 Å². The molecule has 0 amide bonds. The third-order valence-corrected chi connectivity index (χ3v) is 3.54. The molecular formula is C15H20O2. The summed E-state index contributed by atoms with van der Waals surface area (Å²) in [5.41, 5.74) is 1.68. The van der Waals surface area contributed by atoms with Crippen LogP contribution in [-0.2, 0) is 4.74 Å². The second-order valence-electron chi connectivity index (χ2n) is 4.92. The number of benzene rings is 1. The van der Waals surface area contributed by atoms with Crippen LogP contribution in [0.25, 0.3) is 0 Å². The number of hydrogen-bond acceptors (Lipinski definition) is 2. The lowest BCUT2D eigenvalue weighted by Gasteiger charge is -2.21. The van der Waals surface area contributed by atoms with E-state index in [9.17, 15) is 4.79 Å². The van der Waals surface area contributed by atoms with Crippen LogP contribution < -0.4 is 0 Å². The molecule has 1 aromatic rings. The predicted octanol–water partition coefficient (Wildman–Crippen LogP) is 3.73. The molecule has 0 aromatic heterocycles. The van der Waals surface area contributed by atoms with Crippen LogP contribution in [0, 0.1) is 12.8 Å². The molecule has 1 aromatic carbocycles. The fraction of sp³-hybridized carbons (Fsp3) is 0.533. The van der Waals surface area contributed by atoms with Crippen molar-refractivity contribution in [1.82, 2.24) is 0 Å². The Bertz CT molecular complexity index is 378. The third-order valence-electron chi connectivity index (χ3n) is 3.54. The van der Waals surface area contributed by atoms with E-state index in [1.54, 1.807) is 0 Å². The van der Waals surface area contributed by atoms with Gasteiger partial charge < -0.3 is 4.74 Å². The predicted molar refractivity (Wildman–Crippen MR) is 68.0 cm³/mol. The normalized spacial score (nSPS) is 16.8. The van der Waals surface area contributed by atoms with Gasteiger partial charge in [-0.05, 0) is 37.3 Å². The van der Waals surface area contributed by atoms with E-state index in [1.807, 2.05) is 31.2 Å². The third kappa shape index (κ3) is 3.32. The fourth-order valence-corrected chi connectivity index (χ4v) is 2.43. The van der Waals surface area contributed by atoms with Crippen LogP contribution in [-0.4, -0.2) is 12.6 Å². The van der Waals surface area contributed by atoms with E-state index in [0.29, 0.717) is 18.1 Å². The van der Waals surface area contributed by atoms with E-state index in [1.165, 1.54) is 32.1 Å². The van der Waals surface area contributed by atoms with Gasteiger partial charge in [-0.3, -0.25) is 0 Å². The zero-order valence-corrected chi connectivity index (χ0v) is 10.4. The molecule has 2 heteroatoms. The maximum absolute atomic E-state index is 11.9. The minimum Gasteiger partial charge on any atom is -0.462 e. The number of ether oxygens (including phenoxy) is 1. The van der Waals surface area contributed by atoms with Crippen molar-refractivity contribution in [3.05, 3.63) is 35.4 Å². The van der Waals surface area contributed by atoms with Crippen LogP contribution in [0.15, 0.2) is 24.3 Å². The van der Waals surface area contributed by atoms with Crippen molar-refractivity contribution < 1.29 is 9.53 Å². The number of aryl methyl sites for hydroxylation is 1. The van der Waals surface area contributed by atoms with Gasteiger partial charge in [0.05, 0.1) is 12.2 Å². The SMILES string of the molecule is Cc1ccccc1C(=O)OCC1CCCCC1. The average molecular weight is 232 g/mol. The number of hydrogen-bond donors (Lipinski definition) is 0. The summed E-state index contributed by atoms with van der Waals surface area (Å²) in [6.07, 6.45) is 6.32. The number of carbonyl (C=O) groups is 1. The molecule has 2 rings (SSSR count). The molecule has 0 heterocycles. The molecule has 0 atom stereocenters. The summed E-state index contributed by atoms with van der Waals surface area (Å²) in [7, 11) is 0. The highest BCUT2D eigenvalue weighted by molar-refractivity contribution is 5.90. The molecule has 0 spiro atoms. The average Bonchev–Trinajstić information content (AvgIpc) is 2.38. The van der Waals surface area contributed by atoms with Gasteiger partial charge in [-0.1, -0.05) is 37.5 Å². The number of carbonyl (C=O) groups excluding carboxylic acids is 1. The quantitative estimate of drug-likeness (QED) is 0.742. The van der Waals surface area contributed by atoms with Crippen molar-refractivity contribution in [2.24, 2.45) is 5.92 Å². The van der Waals surface area contributed by atoms with Gasteiger partial charge in [-0.2, -0.15) is 0 Å². The van der Waals surface area contributed by atoms with Crippen molar-refractivity contribution in [3.8, 4) is 0 Å². The fourth-order valence-electron chi connectivity index (χ4n) is 2.43. The molecule has 17 heavy (non-hydrogen) atoms. The maximum atomic E-state index is 11.9. The Hall–Kier alpha value is -1.31. The van der Waals surface area contributed by atoms with Crippen LogP contribution in [0.3, 0.4) is 0 Å². The molecule has 0 radical (unpaired) electrons. The Morgan fingerprint density at radius 1 is 1.24 bits per heavy atom. The summed E-state index contributed by atoms with van der Waals surface area (Å²) in [5.74, 6) is 0.408. The molecule has 0 saturated heterocycles.